The molecule has 1 fully saturated rings. The van der Waals surface area contributed by atoms with Gasteiger partial charge in [-0.3, -0.25) is 5.43 Å². The molecule has 2 heteroatoms. The van der Waals surface area contributed by atoms with E-state index in [9.17, 15) is 0 Å². The minimum Gasteiger partial charge on any atom is -0.282 e. The summed E-state index contributed by atoms with van der Waals surface area (Å²) in [7, 11) is 0. The number of hydrazone groups is 1. The largest absolute Gasteiger partial charge is 0.282 e. The first-order valence-corrected chi connectivity index (χ1v) is 8.03. The lowest BCUT2D eigenvalue weighted by molar-refractivity contribution is 0.305. The van der Waals surface area contributed by atoms with E-state index in [0.717, 1.165) is 11.8 Å². The maximum absolute atomic E-state index is 4.55. The number of hydrogen-bond donors (Lipinski definition) is 1. The Bertz CT molecular complexity index is 377. The molecule has 0 radical (unpaired) electrons. The highest BCUT2D eigenvalue weighted by Crippen LogP contribution is 2.37. The molecule has 0 saturated heterocycles. The zero-order valence-corrected chi connectivity index (χ0v) is 13.3. The van der Waals surface area contributed by atoms with Gasteiger partial charge in [0, 0.05) is 17.3 Å². The molecule has 2 atom stereocenters. The van der Waals surface area contributed by atoms with Gasteiger partial charge in [-0.1, -0.05) is 40.5 Å². The molecular formula is C17H30N2. The van der Waals surface area contributed by atoms with Crippen molar-refractivity contribution in [3.8, 4) is 0 Å². The van der Waals surface area contributed by atoms with E-state index in [1.807, 2.05) is 0 Å². The molecule has 1 N–H and O–H groups in total. The number of allylic oxidation sites excluding steroid dienone is 2. The standard InChI is InChI=1S/C17H30N2/c1-11(2)14-7-6-8-15-13(5)18-19-17(12(3)4)16(15)10-9-14/h11-12,14-15,19H,6-10H2,1-5H3. The minimum absolute atomic E-state index is 0.561. The van der Waals surface area contributed by atoms with Crippen molar-refractivity contribution in [3.05, 3.63) is 11.3 Å². The average Bonchev–Trinajstić information content (AvgIpc) is 2.30. The summed E-state index contributed by atoms with van der Waals surface area (Å²) < 4.78 is 0. The van der Waals surface area contributed by atoms with E-state index in [1.165, 1.54) is 43.5 Å². The van der Waals surface area contributed by atoms with Gasteiger partial charge in [-0.2, -0.15) is 5.10 Å². The van der Waals surface area contributed by atoms with Gasteiger partial charge in [0.2, 0.25) is 0 Å². The van der Waals surface area contributed by atoms with Crippen molar-refractivity contribution in [2.24, 2.45) is 28.8 Å². The second-order valence-corrected chi connectivity index (χ2v) is 6.98. The number of nitrogens with one attached hydrogen (secondary N) is 1. The molecule has 19 heavy (non-hydrogen) atoms. The second kappa shape index (κ2) is 6.11. The van der Waals surface area contributed by atoms with Crippen molar-refractivity contribution >= 4 is 5.71 Å². The molecule has 0 aromatic rings. The predicted molar refractivity (Wildman–Crippen MR) is 83.0 cm³/mol. The number of rotatable bonds is 2. The number of nitrogens with zero attached hydrogens (tertiary/aromatic N) is 1. The first-order valence-electron chi connectivity index (χ1n) is 8.03. The molecule has 0 spiro atoms. The Morgan fingerprint density at radius 1 is 1.11 bits per heavy atom. The van der Waals surface area contributed by atoms with Crippen molar-refractivity contribution < 1.29 is 0 Å². The average molecular weight is 262 g/mol. The summed E-state index contributed by atoms with van der Waals surface area (Å²) in [6, 6.07) is 0. The minimum atomic E-state index is 0.561. The van der Waals surface area contributed by atoms with Crippen molar-refractivity contribution in [1.29, 1.82) is 0 Å². The van der Waals surface area contributed by atoms with Gasteiger partial charge in [0.15, 0.2) is 0 Å². The van der Waals surface area contributed by atoms with Crippen LogP contribution in [0.2, 0.25) is 0 Å². The molecule has 1 aliphatic heterocycles. The van der Waals surface area contributed by atoms with E-state index in [1.54, 1.807) is 5.57 Å². The topological polar surface area (TPSA) is 24.4 Å². The molecule has 108 valence electrons. The molecule has 0 bridgehead atoms. The van der Waals surface area contributed by atoms with Crippen molar-refractivity contribution in [2.75, 3.05) is 0 Å². The lowest BCUT2D eigenvalue weighted by Gasteiger charge is -2.34. The van der Waals surface area contributed by atoms with E-state index in [-0.39, 0.29) is 0 Å². The summed E-state index contributed by atoms with van der Waals surface area (Å²) in [4.78, 5) is 0. The van der Waals surface area contributed by atoms with Gasteiger partial charge in [0.1, 0.15) is 0 Å². The van der Waals surface area contributed by atoms with Crippen LogP contribution in [-0.4, -0.2) is 5.71 Å². The molecule has 1 saturated carbocycles. The van der Waals surface area contributed by atoms with Crippen LogP contribution >= 0.6 is 0 Å². The van der Waals surface area contributed by atoms with E-state index in [0.29, 0.717) is 11.8 Å². The number of fused-ring (bicyclic) bond motifs is 1. The fourth-order valence-electron chi connectivity index (χ4n) is 3.67. The van der Waals surface area contributed by atoms with Gasteiger partial charge < -0.3 is 0 Å². The van der Waals surface area contributed by atoms with Crippen LogP contribution < -0.4 is 5.43 Å². The zero-order chi connectivity index (χ0) is 14.0. The van der Waals surface area contributed by atoms with Crippen LogP contribution in [0.4, 0.5) is 0 Å². The van der Waals surface area contributed by atoms with Crippen LogP contribution in [-0.2, 0) is 0 Å². The molecular weight excluding hydrogens is 232 g/mol. The summed E-state index contributed by atoms with van der Waals surface area (Å²) in [6.07, 6.45) is 6.68. The first-order chi connectivity index (χ1) is 9.00. The lowest BCUT2D eigenvalue weighted by atomic mass is 9.75. The highest BCUT2D eigenvalue weighted by Gasteiger charge is 2.29. The van der Waals surface area contributed by atoms with E-state index in [4.69, 9.17) is 0 Å². The van der Waals surface area contributed by atoms with Crippen LogP contribution in [0.3, 0.4) is 0 Å². The van der Waals surface area contributed by atoms with E-state index in [2.05, 4.69) is 45.1 Å². The monoisotopic (exact) mass is 262 g/mol. The highest BCUT2D eigenvalue weighted by molar-refractivity contribution is 5.87. The summed E-state index contributed by atoms with van der Waals surface area (Å²) in [6.45, 7) is 11.5. The fourth-order valence-corrected chi connectivity index (χ4v) is 3.67. The summed E-state index contributed by atoms with van der Waals surface area (Å²) in [5, 5.41) is 4.55. The van der Waals surface area contributed by atoms with Crippen LogP contribution in [0.15, 0.2) is 16.4 Å². The second-order valence-electron chi connectivity index (χ2n) is 6.98. The molecule has 2 nitrogen and oxygen atoms in total. The normalized spacial score (nSPS) is 28.7. The van der Waals surface area contributed by atoms with Gasteiger partial charge in [-0.05, 0) is 49.5 Å². The molecule has 2 rings (SSSR count). The Kier molecular flexibility index (Phi) is 4.70. The van der Waals surface area contributed by atoms with Gasteiger partial charge in [0.25, 0.3) is 0 Å². The fraction of sp³-hybridized carbons (Fsp3) is 0.824. The molecule has 1 heterocycles. The lowest BCUT2D eigenvalue weighted by Crippen LogP contribution is -2.30. The van der Waals surface area contributed by atoms with Crippen molar-refractivity contribution in [2.45, 2.75) is 66.7 Å². The van der Waals surface area contributed by atoms with Crippen LogP contribution in [0.25, 0.3) is 0 Å². The van der Waals surface area contributed by atoms with Gasteiger partial charge in [0.05, 0.1) is 0 Å². The van der Waals surface area contributed by atoms with E-state index >= 15 is 0 Å². The van der Waals surface area contributed by atoms with Gasteiger partial charge >= 0.3 is 0 Å². The maximum Gasteiger partial charge on any atom is 0.0423 e. The van der Waals surface area contributed by atoms with Crippen LogP contribution in [0, 0.1) is 23.7 Å². The van der Waals surface area contributed by atoms with E-state index < -0.39 is 0 Å². The third-order valence-corrected chi connectivity index (χ3v) is 5.00. The molecule has 2 aliphatic rings. The quantitative estimate of drug-likeness (QED) is 0.764. The first kappa shape index (κ1) is 14.6. The number of hydrogen-bond acceptors (Lipinski definition) is 2. The Balaban J connectivity index is 2.22. The van der Waals surface area contributed by atoms with Crippen LogP contribution in [0.1, 0.15) is 66.7 Å². The molecule has 0 amide bonds. The maximum atomic E-state index is 4.55. The smallest absolute Gasteiger partial charge is 0.0423 e. The molecule has 1 aliphatic carbocycles. The summed E-state index contributed by atoms with van der Waals surface area (Å²) in [5.74, 6) is 2.91. The molecule has 0 aromatic carbocycles. The summed E-state index contributed by atoms with van der Waals surface area (Å²) >= 11 is 0. The predicted octanol–water partition coefficient (Wildman–Crippen LogP) is 4.73. The van der Waals surface area contributed by atoms with Gasteiger partial charge in [-0.25, -0.2) is 0 Å². The Morgan fingerprint density at radius 3 is 2.47 bits per heavy atom. The highest BCUT2D eigenvalue weighted by atomic mass is 15.3. The summed E-state index contributed by atoms with van der Waals surface area (Å²) in [5.41, 5.74) is 7.68. The van der Waals surface area contributed by atoms with Crippen molar-refractivity contribution in [1.82, 2.24) is 5.43 Å². The Morgan fingerprint density at radius 2 is 1.84 bits per heavy atom. The third-order valence-electron chi connectivity index (χ3n) is 5.00. The van der Waals surface area contributed by atoms with Gasteiger partial charge in [-0.15, -0.1) is 0 Å². The SMILES string of the molecule is CC1=NNC(C(C)C)=C2CCC(C(C)C)CCCC12. The van der Waals surface area contributed by atoms with Crippen LogP contribution in [0.5, 0.6) is 0 Å². The van der Waals surface area contributed by atoms with Crippen molar-refractivity contribution in [3.63, 3.8) is 0 Å². The molecule has 0 aromatic heterocycles. The Hall–Kier alpha value is -0.790. The molecule has 2 unspecified atom stereocenters. The Labute approximate surface area is 118 Å². The zero-order valence-electron chi connectivity index (χ0n) is 13.3. The third kappa shape index (κ3) is 3.21.